The average molecular weight is 587 g/mol. The van der Waals surface area contributed by atoms with Crippen molar-refractivity contribution in [3.05, 3.63) is 34.6 Å². The minimum atomic E-state index is -7.05. The third-order valence-electron chi connectivity index (χ3n) is 5.27. The van der Waals surface area contributed by atoms with Crippen molar-refractivity contribution in [2.75, 3.05) is 0 Å². The molecule has 0 aromatic heterocycles. The van der Waals surface area contributed by atoms with Crippen molar-refractivity contribution in [2.24, 2.45) is 11.7 Å². The van der Waals surface area contributed by atoms with E-state index in [9.17, 15) is 76.9 Å². The van der Waals surface area contributed by atoms with Gasteiger partial charge in [0.1, 0.15) is 11.9 Å². The fraction of sp³-hybridized carbons (Fsp3) is 0.556. The largest absolute Gasteiger partial charge is 0.481 e. The molecule has 0 aliphatic carbocycles. The Labute approximate surface area is 201 Å². The summed E-state index contributed by atoms with van der Waals surface area (Å²) in [4.78, 5) is 22.2. The summed E-state index contributed by atoms with van der Waals surface area (Å²) >= 11 is 0. The second-order valence-corrected chi connectivity index (χ2v) is 7.83. The van der Waals surface area contributed by atoms with Crippen molar-refractivity contribution in [2.45, 2.75) is 54.8 Å². The van der Waals surface area contributed by atoms with Crippen LogP contribution >= 0.6 is 0 Å². The molecule has 1 aromatic carbocycles. The van der Waals surface area contributed by atoms with Crippen molar-refractivity contribution in [3.8, 4) is 0 Å². The molecule has 0 heterocycles. The van der Waals surface area contributed by atoms with E-state index in [1.54, 1.807) is 0 Å². The number of nitrogens with two attached hydrogens (primary N) is 1. The van der Waals surface area contributed by atoms with Crippen LogP contribution in [0.1, 0.15) is 23.1 Å². The minimum Gasteiger partial charge on any atom is -0.481 e. The van der Waals surface area contributed by atoms with Gasteiger partial charge in [-0.15, -0.1) is 0 Å². The summed E-state index contributed by atoms with van der Waals surface area (Å²) in [5.41, 5.74) is -15.9. The molecule has 1 aromatic rings. The van der Waals surface area contributed by atoms with Crippen LogP contribution in [0.25, 0.3) is 0 Å². The van der Waals surface area contributed by atoms with Gasteiger partial charge in [-0.3, -0.25) is 9.59 Å². The van der Waals surface area contributed by atoms with Crippen molar-refractivity contribution in [3.63, 3.8) is 0 Å². The molecule has 0 bridgehead atoms. The summed E-state index contributed by atoms with van der Waals surface area (Å²) in [6.45, 7) is 0. The summed E-state index contributed by atoms with van der Waals surface area (Å²) in [7, 11) is 0. The van der Waals surface area contributed by atoms with Gasteiger partial charge in [-0.25, -0.2) is 4.39 Å². The zero-order valence-electron chi connectivity index (χ0n) is 17.8. The van der Waals surface area contributed by atoms with E-state index < -0.39 is 107 Å². The molecule has 0 amide bonds. The Morgan fingerprint density at radius 3 is 1.45 bits per heavy atom. The van der Waals surface area contributed by atoms with Crippen molar-refractivity contribution < 1.29 is 87.1 Å². The number of halogens is 13. The maximum absolute atomic E-state index is 15.0. The number of aliphatic hydroxyl groups is 2. The lowest BCUT2D eigenvalue weighted by atomic mass is 9.81. The fourth-order valence-corrected chi connectivity index (χ4v) is 3.20. The number of hydrogen-bond acceptors (Lipinski definition) is 5. The van der Waals surface area contributed by atoms with Gasteiger partial charge in [0.05, 0.1) is 5.92 Å². The van der Waals surface area contributed by atoms with Crippen LogP contribution in [0.4, 0.5) is 57.1 Å². The molecule has 0 saturated heterocycles. The molecule has 2 atom stereocenters. The molecular formula is C18H14F13NO6. The van der Waals surface area contributed by atoms with Crippen LogP contribution in [-0.4, -0.2) is 63.1 Å². The number of hydrogen-bond donors (Lipinski definition) is 5. The van der Waals surface area contributed by atoms with E-state index in [1.807, 2.05) is 0 Å². The molecule has 0 fully saturated rings. The van der Waals surface area contributed by atoms with E-state index in [4.69, 9.17) is 15.9 Å². The molecule has 20 heteroatoms. The maximum Gasteiger partial charge on any atom is 0.430 e. The molecule has 38 heavy (non-hydrogen) atoms. The smallest absolute Gasteiger partial charge is 0.430 e. The van der Waals surface area contributed by atoms with Crippen LogP contribution in [-0.2, 0) is 27.2 Å². The SMILES string of the molecule is NC(CC(Cc1cc(C(O)(C(F)(F)F)C(F)(F)F)cc(C(O)(C(F)(F)F)C(F)(F)F)c1F)C(=O)O)C(=O)O. The number of rotatable bonds is 8. The van der Waals surface area contributed by atoms with Crippen molar-refractivity contribution in [1.82, 2.24) is 0 Å². The first-order valence-electron chi connectivity index (χ1n) is 9.40. The molecular weight excluding hydrogens is 573 g/mol. The van der Waals surface area contributed by atoms with Gasteiger partial charge in [0.2, 0.25) is 0 Å². The highest BCUT2D eigenvalue weighted by Gasteiger charge is 2.74. The minimum absolute atomic E-state index is 0.713. The van der Waals surface area contributed by atoms with E-state index in [0.717, 1.165) is 0 Å². The van der Waals surface area contributed by atoms with Gasteiger partial charge in [0.15, 0.2) is 0 Å². The van der Waals surface area contributed by atoms with Gasteiger partial charge in [-0.05, 0) is 30.5 Å². The monoisotopic (exact) mass is 587 g/mol. The van der Waals surface area contributed by atoms with Crippen LogP contribution in [0.5, 0.6) is 0 Å². The Kier molecular flexibility index (Phi) is 8.75. The van der Waals surface area contributed by atoms with Gasteiger partial charge in [0, 0.05) is 11.1 Å². The Morgan fingerprint density at radius 1 is 0.737 bits per heavy atom. The van der Waals surface area contributed by atoms with E-state index in [-0.39, 0.29) is 0 Å². The van der Waals surface area contributed by atoms with Crippen LogP contribution in [0.2, 0.25) is 0 Å². The molecule has 0 spiro atoms. The maximum atomic E-state index is 15.0. The molecule has 0 saturated carbocycles. The summed E-state index contributed by atoms with van der Waals surface area (Å²) in [6, 6.07) is -4.24. The van der Waals surface area contributed by atoms with E-state index in [2.05, 4.69) is 0 Å². The highest BCUT2D eigenvalue weighted by atomic mass is 19.4. The number of carboxylic acids is 2. The second kappa shape index (κ2) is 10.0. The number of alkyl halides is 12. The molecule has 2 unspecified atom stereocenters. The third-order valence-corrected chi connectivity index (χ3v) is 5.27. The summed E-state index contributed by atoms with van der Waals surface area (Å²) in [5, 5.41) is 36.8. The van der Waals surface area contributed by atoms with Crippen LogP contribution < -0.4 is 5.73 Å². The van der Waals surface area contributed by atoms with Gasteiger partial charge in [0.25, 0.3) is 11.2 Å². The lowest BCUT2D eigenvalue weighted by Gasteiger charge is -2.36. The van der Waals surface area contributed by atoms with Crippen LogP contribution in [0, 0.1) is 11.7 Å². The predicted octanol–water partition coefficient (Wildman–Crippen LogP) is 3.50. The number of aliphatic carboxylic acids is 2. The standard InChI is InChI=1S/C18H14F13NO6/c19-10-5(1-6(11(33)34)3-9(32)12(35)36)2-7(13(37,15(20,21)22)16(23,24)25)4-8(10)14(38,17(26,27)28)18(29,30)31/h2,4,6,9,37-38H,1,3,32H2,(H,33,34)(H,35,36). The van der Waals surface area contributed by atoms with E-state index >= 15 is 0 Å². The lowest BCUT2D eigenvalue weighted by molar-refractivity contribution is -0.378. The molecule has 7 nitrogen and oxygen atoms in total. The van der Waals surface area contributed by atoms with Crippen LogP contribution in [0.3, 0.4) is 0 Å². The normalized spacial score (nSPS) is 15.8. The first-order chi connectivity index (χ1) is 16.6. The Hall–Kier alpha value is -2.87. The highest BCUT2D eigenvalue weighted by molar-refractivity contribution is 5.76. The zero-order valence-corrected chi connectivity index (χ0v) is 17.8. The molecule has 218 valence electrons. The zero-order chi connectivity index (χ0) is 30.4. The quantitative estimate of drug-likeness (QED) is 0.294. The number of carbonyl (C=O) groups is 2. The molecule has 6 N–H and O–H groups in total. The summed E-state index contributed by atoms with van der Waals surface area (Å²) in [6.07, 6.45) is -31.1. The van der Waals surface area contributed by atoms with Gasteiger partial charge < -0.3 is 26.2 Å². The Balaban J connectivity index is 4.24. The van der Waals surface area contributed by atoms with Gasteiger partial charge >= 0.3 is 36.6 Å². The van der Waals surface area contributed by atoms with E-state index in [1.165, 1.54) is 0 Å². The summed E-state index contributed by atoms with van der Waals surface area (Å²) in [5.74, 6) is -9.52. The second-order valence-electron chi connectivity index (χ2n) is 7.83. The fourth-order valence-electron chi connectivity index (χ4n) is 3.20. The topological polar surface area (TPSA) is 141 Å². The first kappa shape index (κ1) is 33.2. The Morgan fingerprint density at radius 2 is 1.13 bits per heavy atom. The molecule has 0 aliphatic rings. The van der Waals surface area contributed by atoms with Crippen molar-refractivity contribution >= 4 is 11.9 Å². The van der Waals surface area contributed by atoms with Gasteiger partial charge in [-0.1, -0.05) is 0 Å². The predicted molar refractivity (Wildman–Crippen MR) is 93.5 cm³/mol. The van der Waals surface area contributed by atoms with E-state index in [0.29, 0.717) is 0 Å². The average Bonchev–Trinajstić information content (AvgIpc) is 2.69. The molecule has 0 aliphatic heterocycles. The first-order valence-corrected chi connectivity index (χ1v) is 9.40. The third kappa shape index (κ3) is 5.75. The van der Waals surface area contributed by atoms with Gasteiger partial charge in [-0.2, -0.15) is 52.7 Å². The summed E-state index contributed by atoms with van der Waals surface area (Å²) < 4.78 is 175. The highest BCUT2D eigenvalue weighted by Crippen LogP contribution is 2.54. The Bertz CT molecular complexity index is 1030. The van der Waals surface area contributed by atoms with Crippen molar-refractivity contribution in [1.29, 1.82) is 0 Å². The van der Waals surface area contributed by atoms with Crippen LogP contribution in [0.15, 0.2) is 12.1 Å². The number of carboxylic acid groups (broad SMARTS) is 2. The molecule has 1 rings (SSSR count). The number of benzene rings is 1. The lowest BCUT2D eigenvalue weighted by Crippen LogP contribution is -2.56. The molecule has 0 radical (unpaired) electrons.